The van der Waals surface area contributed by atoms with E-state index in [2.05, 4.69) is 53.5 Å². The Balaban J connectivity index is 4.02. The van der Waals surface area contributed by atoms with Gasteiger partial charge >= 0.3 is 0 Å². The lowest BCUT2D eigenvalue weighted by molar-refractivity contribution is -0.0902. The Labute approximate surface area is 139 Å². The molecule has 22 heavy (non-hydrogen) atoms. The number of unbranched alkanes of at least 4 members (excludes halogenated alkanes) is 2. The largest absolute Gasteiger partial charge is 0.379 e. The summed E-state index contributed by atoms with van der Waals surface area (Å²) in [6, 6.07) is 0. The fourth-order valence-corrected chi connectivity index (χ4v) is 3.25. The van der Waals surface area contributed by atoms with Crippen molar-refractivity contribution in [3.63, 3.8) is 0 Å². The smallest absolute Gasteiger partial charge is 0.0880 e. The minimum Gasteiger partial charge on any atom is -0.379 e. The average Bonchev–Trinajstić information content (AvgIpc) is 2.33. The van der Waals surface area contributed by atoms with Gasteiger partial charge in [-0.05, 0) is 37.3 Å². The van der Waals surface area contributed by atoms with Crippen LogP contribution in [0, 0.1) is 10.8 Å². The molecule has 0 saturated heterocycles. The molecule has 0 N–H and O–H groups in total. The molecule has 0 rings (SSSR count). The quantitative estimate of drug-likeness (QED) is 0.550. The first-order valence-electron chi connectivity index (χ1n) is 8.75. The molecule has 134 valence electrons. The SMILES string of the molecule is COC(CCCCCN(C)CC(C)(C)C)C(OC)C(C)(C)C. The first-order chi connectivity index (χ1) is 10.0. The predicted molar refractivity (Wildman–Crippen MR) is 96.5 cm³/mol. The number of hydrogen-bond acceptors (Lipinski definition) is 3. The van der Waals surface area contributed by atoms with Crippen LogP contribution in [-0.2, 0) is 9.47 Å². The summed E-state index contributed by atoms with van der Waals surface area (Å²) in [5, 5.41) is 0. The van der Waals surface area contributed by atoms with E-state index in [0.29, 0.717) is 5.41 Å². The van der Waals surface area contributed by atoms with Crippen LogP contribution in [0.25, 0.3) is 0 Å². The summed E-state index contributed by atoms with van der Waals surface area (Å²) in [4.78, 5) is 2.45. The summed E-state index contributed by atoms with van der Waals surface area (Å²) in [6.45, 7) is 15.9. The molecule has 0 aromatic rings. The van der Waals surface area contributed by atoms with Gasteiger partial charge in [0.15, 0.2) is 0 Å². The molecular formula is C19H41NO2. The maximum Gasteiger partial charge on any atom is 0.0880 e. The number of ether oxygens (including phenoxy) is 2. The van der Waals surface area contributed by atoms with Gasteiger partial charge in [-0.15, -0.1) is 0 Å². The molecule has 2 atom stereocenters. The zero-order chi connectivity index (χ0) is 17.4. The third-order valence-electron chi connectivity index (χ3n) is 4.02. The molecular weight excluding hydrogens is 274 g/mol. The van der Waals surface area contributed by atoms with Crippen molar-refractivity contribution < 1.29 is 9.47 Å². The first-order valence-corrected chi connectivity index (χ1v) is 8.75. The van der Waals surface area contributed by atoms with E-state index in [0.717, 1.165) is 13.0 Å². The second-order valence-electron chi connectivity index (χ2n) is 8.94. The summed E-state index contributed by atoms with van der Waals surface area (Å²) >= 11 is 0. The van der Waals surface area contributed by atoms with Gasteiger partial charge in [0.2, 0.25) is 0 Å². The lowest BCUT2D eigenvalue weighted by Crippen LogP contribution is -2.40. The topological polar surface area (TPSA) is 21.7 Å². The van der Waals surface area contributed by atoms with Gasteiger partial charge < -0.3 is 14.4 Å². The van der Waals surface area contributed by atoms with Gasteiger partial charge in [-0.1, -0.05) is 54.4 Å². The molecule has 0 spiro atoms. The van der Waals surface area contributed by atoms with Crippen LogP contribution in [0.1, 0.15) is 67.2 Å². The second-order valence-corrected chi connectivity index (χ2v) is 8.94. The maximum absolute atomic E-state index is 5.69. The van der Waals surface area contributed by atoms with E-state index in [4.69, 9.17) is 9.47 Å². The number of nitrogens with zero attached hydrogens (tertiary/aromatic N) is 1. The van der Waals surface area contributed by atoms with Crippen LogP contribution in [0.3, 0.4) is 0 Å². The Hall–Kier alpha value is -0.120. The lowest BCUT2D eigenvalue weighted by atomic mass is 9.84. The first kappa shape index (κ1) is 21.9. The van der Waals surface area contributed by atoms with Gasteiger partial charge in [-0.2, -0.15) is 0 Å². The number of hydrogen-bond donors (Lipinski definition) is 0. The molecule has 0 saturated carbocycles. The Morgan fingerprint density at radius 1 is 0.864 bits per heavy atom. The van der Waals surface area contributed by atoms with Crippen molar-refractivity contribution in [2.24, 2.45) is 10.8 Å². The third kappa shape index (κ3) is 9.81. The molecule has 0 bridgehead atoms. The zero-order valence-corrected chi connectivity index (χ0v) is 16.7. The maximum atomic E-state index is 5.69. The summed E-state index contributed by atoms with van der Waals surface area (Å²) < 4.78 is 11.4. The van der Waals surface area contributed by atoms with E-state index in [9.17, 15) is 0 Å². The molecule has 0 aliphatic rings. The van der Waals surface area contributed by atoms with E-state index in [-0.39, 0.29) is 17.6 Å². The third-order valence-corrected chi connectivity index (χ3v) is 4.02. The Kier molecular flexibility index (Phi) is 9.84. The van der Waals surface area contributed by atoms with E-state index in [1.165, 1.54) is 25.8 Å². The fourth-order valence-electron chi connectivity index (χ4n) is 3.25. The number of methoxy groups -OCH3 is 2. The Morgan fingerprint density at radius 2 is 1.45 bits per heavy atom. The van der Waals surface area contributed by atoms with Crippen molar-refractivity contribution >= 4 is 0 Å². The zero-order valence-electron chi connectivity index (χ0n) is 16.7. The standard InChI is InChI=1S/C19H41NO2/c1-18(2,3)15-20(7)14-12-10-11-13-16(21-8)17(22-9)19(4,5)6/h16-17H,10-15H2,1-9H3. The normalized spacial score (nSPS) is 16.1. The molecule has 0 aromatic carbocycles. The van der Waals surface area contributed by atoms with Crippen LogP contribution in [0.2, 0.25) is 0 Å². The summed E-state index contributed by atoms with van der Waals surface area (Å²) in [5.74, 6) is 0. The molecule has 0 amide bonds. The van der Waals surface area contributed by atoms with E-state index < -0.39 is 0 Å². The van der Waals surface area contributed by atoms with Crippen LogP contribution in [-0.4, -0.2) is 51.5 Å². The van der Waals surface area contributed by atoms with Crippen molar-refractivity contribution in [3.8, 4) is 0 Å². The van der Waals surface area contributed by atoms with E-state index in [1.54, 1.807) is 14.2 Å². The fraction of sp³-hybridized carbons (Fsp3) is 1.00. The van der Waals surface area contributed by atoms with Crippen molar-refractivity contribution in [1.29, 1.82) is 0 Å². The summed E-state index contributed by atoms with van der Waals surface area (Å²) in [5.41, 5.74) is 0.497. The van der Waals surface area contributed by atoms with Crippen LogP contribution in [0.15, 0.2) is 0 Å². The second kappa shape index (κ2) is 9.89. The number of rotatable bonds is 10. The summed E-state index contributed by atoms with van der Waals surface area (Å²) in [7, 11) is 5.83. The van der Waals surface area contributed by atoms with Gasteiger partial charge in [0, 0.05) is 20.8 Å². The van der Waals surface area contributed by atoms with Crippen LogP contribution in [0.4, 0.5) is 0 Å². The van der Waals surface area contributed by atoms with Crippen molar-refractivity contribution in [2.45, 2.75) is 79.4 Å². The average molecular weight is 316 g/mol. The Morgan fingerprint density at radius 3 is 1.86 bits per heavy atom. The highest BCUT2D eigenvalue weighted by Crippen LogP contribution is 2.28. The molecule has 0 aliphatic carbocycles. The van der Waals surface area contributed by atoms with Crippen LogP contribution >= 0.6 is 0 Å². The molecule has 0 heterocycles. The molecule has 3 nitrogen and oxygen atoms in total. The highest BCUT2D eigenvalue weighted by atomic mass is 16.5. The highest BCUT2D eigenvalue weighted by molar-refractivity contribution is 4.82. The van der Waals surface area contributed by atoms with Crippen LogP contribution in [0.5, 0.6) is 0 Å². The molecule has 0 fully saturated rings. The summed E-state index contributed by atoms with van der Waals surface area (Å²) in [6.07, 6.45) is 5.15. The van der Waals surface area contributed by atoms with E-state index >= 15 is 0 Å². The van der Waals surface area contributed by atoms with Gasteiger partial charge in [0.05, 0.1) is 12.2 Å². The van der Waals surface area contributed by atoms with Gasteiger partial charge in [0.25, 0.3) is 0 Å². The highest BCUT2D eigenvalue weighted by Gasteiger charge is 2.32. The van der Waals surface area contributed by atoms with Gasteiger partial charge in [0.1, 0.15) is 0 Å². The minimum absolute atomic E-state index is 0.113. The predicted octanol–water partition coefficient (Wildman–Crippen LogP) is 4.60. The monoisotopic (exact) mass is 315 g/mol. The van der Waals surface area contributed by atoms with Crippen molar-refractivity contribution in [3.05, 3.63) is 0 Å². The Bertz CT molecular complexity index is 278. The molecule has 2 unspecified atom stereocenters. The molecule has 0 aromatic heterocycles. The molecule has 0 radical (unpaired) electrons. The molecule has 0 aliphatic heterocycles. The van der Waals surface area contributed by atoms with Crippen LogP contribution < -0.4 is 0 Å². The van der Waals surface area contributed by atoms with Gasteiger partial charge in [-0.25, -0.2) is 0 Å². The van der Waals surface area contributed by atoms with Gasteiger partial charge in [-0.3, -0.25) is 0 Å². The molecule has 3 heteroatoms. The van der Waals surface area contributed by atoms with Crippen molar-refractivity contribution in [1.82, 2.24) is 4.90 Å². The van der Waals surface area contributed by atoms with E-state index in [1.807, 2.05) is 0 Å². The van der Waals surface area contributed by atoms with Crippen molar-refractivity contribution in [2.75, 3.05) is 34.4 Å². The minimum atomic E-state index is 0.113. The lowest BCUT2D eigenvalue weighted by Gasteiger charge is -2.35.